The average molecular weight is 1060 g/mol. The van der Waals surface area contributed by atoms with Gasteiger partial charge >= 0.3 is 11.9 Å². The van der Waals surface area contributed by atoms with Crippen LogP contribution in [0.2, 0.25) is 0 Å². The van der Waals surface area contributed by atoms with Crippen LogP contribution in [0.3, 0.4) is 0 Å². The van der Waals surface area contributed by atoms with Crippen molar-refractivity contribution in [2.24, 2.45) is 0 Å². The van der Waals surface area contributed by atoms with Gasteiger partial charge in [0.1, 0.15) is 6.61 Å². The molecule has 5 heteroatoms. The summed E-state index contributed by atoms with van der Waals surface area (Å²) in [6, 6.07) is 0. The van der Waals surface area contributed by atoms with Crippen molar-refractivity contribution in [3.05, 3.63) is 109 Å². The minimum Gasteiger partial charge on any atom is -0.462 e. The second-order valence-corrected chi connectivity index (χ2v) is 21.5. The van der Waals surface area contributed by atoms with Crippen molar-refractivity contribution in [1.82, 2.24) is 0 Å². The summed E-state index contributed by atoms with van der Waals surface area (Å²) in [5.41, 5.74) is 0. The lowest BCUT2D eigenvalue weighted by Crippen LogP contribution is -2.28. The minimum atomic E-state index is -0.776. The van der Waals surface area contributed by atoms with Gasteiger partial charge in [-0.2, -0.15) is 0 Å². The summed E-state index contributed by atoms with van der Waals surface area (Å²) >= 11 is 0. The van der Waals surface area contributed by atoms with Gasteiger partial charge in [0.25, 0.3) is 0 Å². The van der Waals surface area contributed by atoms with Gasteiger partial charge in [0, 0.05) is 12.8 Å². The van der Waals surface area contributed by atoms with Crippen LogP contribution in [0.15, 0.2) is 109 Å². The van der Waals surface area contributed by atoms with Gasteiger partial charge in [0.2, 0.25) is 0 Å². The maximum absolute atomic E-state index is 12.3. The lowest BCUT2D eigenvalue weighted by molar-refractivity contribution is -0.161. The molecule has 0 radical (unpaired) electrons. The second kappa shape index (κ2) is 65.8. The molecule has 0 aliphatic carbocycles. The van der Waals surface area contributed by atoms with Crippen molar-refractivity contribution in [1.29, 1.82) is 0 Å². The van der Waals surface area contributed by atoms with Gasteiger partial charge < -0.3 is 14.6 Å². The summed E-state index contributed by atoms with van der Waals surface area (Å²) in [5.74, 6) is -0.581. The maximum Gasteiger partial charge on any atom is 0.306 e. The van der Waals surface area contributed by atoms with Crippen LogP contribution < -0.4 is 0 Å². The number of hydrogen-bond acceptors (Lipinski definition) is 5. The van der Waals surface area contributed by atoms with Gasteiger partial charge in [0.15, 0.2) is 6.10 Å². The summed E-state index contributed by atoms with van der Waals surface area (Å²) in [6.45, 7) is 4.06. The Bertz CT molecular complexity index is 1470. The lowest BCUT2D eigenvalue weighted by atomic mass is 10.0. The number of allylic oxidation sites excluding steroid dienone is 18. The molecule has 1 atom stereocenters. The molecule has 0 fully saturated rings. The molecule has 0 saturated carbocycles. The van der Waals surface area contributed by atoms with E-state index in [9.17, 15) is 14.7 Å². The highest BCUT2D eigenvalue weighted by Gasteiger charge is 2.16. The first-order valence-electron chi connectivity index (χ1n) is 32.4. The van der Waals surface area contributed by atoms with Crippen molar-refractivity contribution in [3.63, 3.8) is 0 Å². The number of hydrogen-bond donors (Lipinski definition) is 1. The predicted octanol–water partition coefficient (Wildman–Crippen LogP) is 22.4. The Morgan fingerprint density at radius 3 is 0.855 bits per heavy atom. The third-order valence-corrected chi connectivity index (χ3v) is 14.1. The number of ether oxygens (including phenoxy) is 2. The van der Waals surface area contributed by atoms with E-state index in [2.05, 4.69) is 123 Å². The number of aliphatic hydroxyl groups excluding tert-OH is 1. The molecular weight excluding hydrogens is 933 g/mol. The summed E-state index contributed by atoms with van der Waals surface area (Å²) in [5, 5.41) is 9.68. The van der Waals surface area contributed by atoms with Gasteiger partial charge in [-0.25, -0.2) is 0 Å². The normalized spacial score (nSPS) is 12.9. The Balaban J connectivity index is 3.51. The standard InChI is InChI=1S/C71H122O5/c1-3-5-7-9-11-13-15-17-19-21-23-25-26-27-28-29-30-31-32-33-34-35-36-37-38-39-40-41-42-43-44-46-48-50-52-54-56-58-60-62-64-66-71(74)76-69(67-72)68-75-70(73)65-63-61-59-57-55-53-51-49-47-45-24-22-20-18-16-14-12-10-8-6-4-2/h5,7,11,13,17,19,23,25,27-28,30-31,33-34,36-37,39-40,69,72H,3-4,6,8-10,12,14-16,18,20-22,24,26,29,32,35,38,41-68H2,1-2H3/b7-5-,13-11-,19-17-,25-23-,28-27-,31-30-,34-33-,37-36-,40-39-. The number of carbonyl (C=O) groups is 2. The molecule has 436 valence electrons. The molecule has 0 rings (SSSR count). The molecule has 1 unspecified atom stereocenters. The third kappa shape index (κ3) is 63.1. The predicted molar refractivity (Wildman–Crippen MR) is 334 cm³/mol. The lowest BCUT2D eigenvalue weighted by Gasteiger charge is -2.15. The van der Waals surface area contributed by atoms with Crippen LogP contribution in [0.1, 0.15) is 309 Å². The SMILES string of the molecule is CC/C=C\C/C=C\C/C=C\C/C=C\C/C=C\C/C=C\C/C=C\C/C=C\C/C=C\CCCCCCCCCCCCCCCC(=O)OC(CO)COC(=O)CCCCCCCCCCCCCCCCCCCCCCC. The molecule has 0 saturated heterocycles. The Morgan fingerprint density at radius 2 is 0.566 bits per heavy atom. The first-order valence-corrected chi connectivity index (χ1v) is 32.4. The molecule has 0 aromatic carbocycles. The summed E-state index contributed by atoms with van der Waals surface area (Å²) in [7, 11) is 0. The molecule has 0 aromatic heterocycles. The van der Waals surface area contributed by atoms with Crippen LogP contribution in [-0.4, -0.2) is 36.4 Å². The van der Waals surface area contributed by atoms with E-state index in [-0.39, 0.29) is 25.2 Å². The van der Waals surface area contributed by atoms with E-state index in [4.69, 9.17) is 9.47 Å². The van der Waals surface area contributed by atoms with Gasteiger partial charge in [-0.05, 0) is 83.5 Å². The molecule has 0 bridgehead atoms. The molecule has 0 heterocycles. The summed E-state index contributed by atoms with van der Waals surface area (Å²) < 4.78 is 10.7. The highest BCUT2D eigenvalue weighted by molar-refractivity contribution is 5.70. The fourth-order valence-electron chi connectivity index (χ4n) is 9.26. The maximum atomic E-state index is 12.3. The van der Waals surface area contributed by atoms with E-state index >= 15 is 0 Å². The largest absolute Gasteiger partial charge is 0.462 e. The third-order valence-electron chi connectivity index (χ3n) is 14.1. The molecule has 0 amide bonds. The molecule has 76 heavy (non-hydrogen) atoms. The molecule has 0 spiro atoms. The number of esters is 2. The number of carbonyl (C=O) groups excluding carboxylic acids is 2. The topological polar surface area (TPSA) is 72.8 Å². The Morgan fingerprint density at radius 1 is 0.316 bits per heavy atom. The van der Waals surface area contributed by atoms with Gasteiger partial charge in [-0.1, -0.05) is 322 Å². The quantitative estimate of drug-likeness (QED) is 0.0373. The van der Waals surface area contributed by atoms with Crippen LogP contribution in [0.4, 0.5) is 0 Å². The van der Waals surface area contributed by atoms with Gasteiger partial charge in [-0.15, -0.1) is 0 Å². The van der Waals surface area contributed by atoms with Crippen LogP contribution >= 0.6 is 0 Å². The fourth-order valence-corrected chi connectivity index (χ4v) is 9.26. The van der Waals surface area contributed by atoms with Crippen LogP contribution in [0.5, 0.6) is 0 Å². The van der Waals surface area contributed by atoms with E-state index in [0.29, 0.717) is 12.8 Å². The molecule has 0 aliphatic rings. The highest BCUT2D eigenvalue weighted by Crippen LogP contribution is 2.17. The van der Waals surface area contributed by atoms with Crippen molar-refractivity contribution in [3.8, 4) is 0 Å². The van der Waals surface area contributed by atoms with E-state index in [1.165, 1.54) is 186 Å². The number of rotatable bonds is 59. The van der Waals surface area contributed by atoms with E-state index in [0.717, 1.165) is 96.3 Å². The first-order chi connectivity index (χ1) is 37.6. The summed E-state index contributed by atoms with van der Waals surface area (Å²) in [4.78, 5) is 24.6. The van der Waals surface area contributed by atoms with Crippen LogP contribution in [0, 0.1) is 0 Å². The van der Waals surface area contributed by atoms with E-state index < -0.39 is 6.10 Å². The zero-order valence-electron chi connectivity index (χ0n) is 50.0. The Kier molecular flexibility index (Phi) is 62.9. The van der Waals surface area contributed by atoms with E-state index in [1.54, 1.807) is 0 Å². The van der Waals surface area contributed by atoms with Crippen LogP contribution in [0.25, 0.3) is 0 Å². The van der Waals surface area contributed by atoms with Crippen LogP contribution in [-0.2, 0) is 19.1 Å². The number of aliphatic hydroxyl groups is 1. The smallest absolute Gasteiger partial charge is 0.306 e. The number of unbranched alkanes of at least 4 members (excludes halogenated alkanes) is 33. The summed E-state index contributed by atoms with van der Waals surface area (Å²) in [6.07, 6.45) is 95.2. The average Bonchev–Trinajstić information content (AvgIpc) is 3.42. The minimum absolute atomic E-state index is 0.0657. The highest BCUT2D eigenvalue weighted by atomic mass is 16.6. The molecule has 0 aromatic rings. The molecular formula is C71H122O5. The zero-order valence-corrected chi connectivity index (χ0v) is 50.0. The zero-order chi connectivity index (χ0) is 54.8. The second-order valence-electron chi connectivity index (χ2n) is 21.5. The first kappa shape index (κ1) is 72.6. The van der Waals surface area contributed by atoms with Gasteiger partial charge in [-0.3, -0.25) is 9.59 Å². The van der Waals surface area contributed by atoms with Crippen molar-refractivity contribution in [2.45, 2.75) is 315 Å². The molecule has 0 aliphatic heterocycles. The van der Waals surface area contributed by atoms with Crippen molar-refractivity contribution in [2.75, 3.05) is 13.2 Å². The molecule has 5 nitrogen and oxygen atoms in total. The monoisotopic (exact) mass is 1050 g/mol. The van der Waals surface area contributed by atoms with Crippen molar-refractivity contribution < 1.29 is 24.2 Å². The molecule has 1 N–H and O–H groups in total. The Hall–Kier alpha value is -3.44. The van der Waals surface area contributed by atoms with Crippen molar-refractivity contribution >= 4 is 11.9 Å². The van der Waals surface area contributed by atoms with E-state index in [1.807, 2.05) is 0 Å². The van der Waals surface area contributed by atoms with Gasteiger partial charge in [0.05, 0.1) is 6.61 Å². The Labute approximate surface area is 471 Å². The fraction of sp³-hybridized carbons (Fsp3) is 0.718.